The number of aryl methyl sites for hydroxylation is 1. The molecule has 0 aliphatic carbocycles. The second-order valence-corrected chi connectivity index (χ2v) is 9.63. The minimum Gasteiger partial charge on any atom is -0.495 e. The lowest BCUT2D eigenvalue weighted by Gasteiger charge is -2.25. The molecule has 40 heavy (non-hydrogen) atoms. The van der Waals surface area contributed by atoms with E-state index in [0.29, 0.717) is 41.4 Å². The number of nitrogens with zero attached hydrogens (tertiary/aromatic N) is 1. The first-order valence-corrected chi connectivity index (χ1v) is 12.9. The van der Waals surface area contributed by atoms with Crippen LogP contribution in [0.15, 0.2) is 66.7 Å². The molecule has 1 aliphatic heterocycles. The molecule has 4 N–H and O–H groups in total. The zero-order valence-corrected chi connectivity index (χ0v) is 22.8. The van der Waals surface area contributed by atoms with Gasteiger partial charge in [-0.1, -0.05) is 24.3 Å². The molecule has 0 radical (unpaired) electrons. The smallest absolute Gasteiger partial charge is 0.337 e. The second kappa shape index (κ2) is 13.0. The fourth-order valence-corrected chi connectivity index (χ4v) is 4.63. The number of likely N-dealkylation sites (tertiary alicyclic amines) is 1. The highest BCUT2D eigenvalue weighted by Gasteiger charge is 2.34. The zero-order chi connectivity index (χ0) is 28.6. The van der Waals surface area contributed by atoms with Crippen LogP contribution in [0.3, 0.4) is 0 Å². The third kappa shape index (κ3) is 7.09. The van der Waals surface area contributed by atoms with Gasteiger partial charge in [-0.3, -0.25) is 4.79 Å². The van der Waals surface area contributed by atoms with Gasteiger partial charge in [-0.15, -0.1) is 0 Å². The monoisotopic (exact) mass is 546 g/mol. The molecule has 1 heterocycles. The normalized spacial score (nSPS) is 16.2. The molecule has 4 rings (SSSR count). The van der Waals surface area contributed by atoms with Gasteiger partial charge in [0.2, 0.25) is 5.91 Å². The molecule has 1 saturated heterocycles. The summed E-state index contributed by atoms with van der Waals surface area (Å²) in [4.78, 5) is 39.2. The van der Waals surface area contributed by atoms with Crippen LogP contribution in [0, 0.1) is 6.92 Å². The molecular formula is C30H34N4O6. The fraction of sp³-hybridized carbons (Fsp3) is 0.300. The van der Waals surface area contributed by atoms with Gasteiger partial charge in [0, 0.05) is 18.3 Å². The van der Waals surface area contributed by atoms with E-state index in [-0.39, 0.29) is 31.0 Å². The van der Waals surface area contributed by atoms with Gasteiger partial charge >= 0.3 is 12.0 Å². The molecule has 3 aromatic carbocycles. The van der Waals surface area contributed by atoms with Gasteiger partial charge in [-0.2, -0.15) is 0 Å². The van der Waals surface area contributed by atoms with Crippen LogP contribution in [0.2, 0.25) is 0 Å². The van der Waals surface area contributed by atoms with Gasteiger partial charge < -0.3 is 35.5 Å². The van der Waals surface area contributed by atoms with Crippen molar-refractivity contribution in [3.63, 3.8) is 0 Å². The molecule has 2 atom stereocenters. The van der Waals surface area contributed by atoms with Crippen LogP contribution in [0.5, 0.6) is 11.5 Å². The Balaban J connectivity index is 1.36. The molecule has 0 aromatic heterocycles. The zero-order valence-electron chi connectivity index (χ0n) is 22.8. The standard InChI is InChI=1S/C30H34N4O6/c1-19-6-4-5-7-25(19)32-30(37)33-26-13-8-20(14-27(26)38-2)15-28(35)34-17-22(31)16-23(34)18-40-24-11-9-21(10-12-24)29(36)39-3/h4-14,22-23H,15-18,31H2,1-3H3,(H2,32,33,37)/t22-,23+/m1/s1. The number of esters is 1. The lowest BCUT2D eigenvalue weighted by atomic mass is 10.1. The van der Waals surface area contributed by atoms with Crippen LogP contribution in [0.4, 0.5) is 16.2 Å². The first kappa shape index (κ1) is 28.4. The van der Waals surface area contributed by atoms with E-state index < -0.39 is 12.0 Å². The number of benzene rings is 3. The molecule has 0 spiro atoms. The highest BCUT2D eigenvalue weighted by molar-refractivity contribution is 6.01. The Morgan fingerprint density at radius 2 is 1.70 bits per heavy atom. The number of urea groups is 1. The van der Waals surface area contributed by atoms with Gasteiger partial charge in [0.15, 0.2) is 0 Å². The number of carbonyl (C=O) groups is 3. The molecule has 210 valence electrons. The molecule has 0 bridgehead atoms. The van der Waals surface area contributed by atoms with Gasteiger partial charge in [0.25, 0.3) is 0 Å². The quantitative estimate of drug-likeness (QED) is 0.346. The molecule has 0 saturated carbocycles. The Morgan fingerprint density at radius 3 is 2.40 bits per heavy atom. The van der Waals surface area contributed by atoms with E-state index in [2.05, 4.69) is 10.6 Å². The molecule has 3 amide bonds. The number of methoxy groups -OCH3 is 2. The topological polar surface area (TPSA) is 132 Å². The number of hydrogen-bond acceptors (Lipinski definition) is 7. The number of hydrogen-bond donors (Lipinski definition) is 3. The summed E-state index contributed by atoms with van der Waals surface area (Å²) in [5.74, 6) is 0.525. The number of carbonyl (C=O) groups excluding carboxylic acids is 3. The predicted molar refractivity (Wildman–Crippen MR) is 152 cm³/mol. The summed E-state index contributed by atoms with van der Waals surface area (Å²) < 4.78 is 16.1. The number of para-hydroxylation sites is 1. The van der Waals surface area contributed by atoms with Gasteiger partial charge in [0.05, 0.1) is 37.9 Å². The van der Waals surface area contributed by atoms with Crippen molar-refractivity contribution in [3.8, 4) is 11.5 Å². The maximum absolute atomic E-state index is 13.3. The lowest BCUT2D eigenvalue weighted by Crippen LogP contribution is -2.40. The average molecular weight is 547 g/mol. The first-order valence-electron chi connectivity index (χ1n) is 12.9. The SMILES string of the molecule is COC(=O)c1ccc(OC[C@@H]2C[C@@H](N)CN2C(=O)Cc2ccc(NC(=O)Nc3ccccc3C)c(OC)c2)cc1. The summed E-state index contributed by atoms with van der Waals surface area (Å²) in [6.07, 6.45) is 0.761. The van der Waals surface area contributed by atoms with Crippen LogP contribution in [0.25, 0.3) is 0 Å². The predicted octanol–water partition coefficient (Wildman–Crippen LogP) is 3.98. The van der Waals surface area contributed by atoms with Crippen molar-refractivity contribution < 1.29 is 28.6 Å². The summed E-state index contributed by atoms with van der Waals surface area (Å²) in [6.45, 7) is 2.62. The van der Waals surface area contributed by atoms with Crippen molar-refractivity contribution in [1.29, 1.82) is 0 Å². The molecular weight excluding hydrogens is 512 g/mol. The number of ether oxygens (including phenoxy) is 3. The summed E-state index contributed by atoms with van der Waals surface area (Å²) in [5, 5.41) is 5.63. The maximum Gasteiger partial charge on any atom is 0.337 e. The summed E-state index contributed by atoms with van der Waals surface area (Å²) in [5.41, 5.74) is 9.50. The van der Waals surface area contributed by atoms with Crippen LogP contribution < -0.4 is 25.8 Å². The van der Waals surface area contributed by atoms with E-state index in [1.807, 2.05) is 31.2 Å². The Morgan fingerprint density at radius 1 is 0.975 bits per heavy atom. The van der Waals surface area contributed by atoms with Crippen molar-refractivity contribution in [2.75, 3.05) is 38.0 Å². The Labute approximate surface area is 233 Å². The fourth-order valence-electron chi connectivity index (χ4n) is 4.63. The average Bonchev–Trinajstić information content (AvgIpc) is 3.34. The maximum atomic E-state index is 13.3. The number of rotatable bonds is 9. The molecule has 1 fully saturated rings. The Bertz CT molecular complexity index is 1360. The molecule has 1 aliphatic rings. The van der Waals surface area contributed by atoms with Crippen LogP contribution in [-0.2, 0) is 16.0 Å². The lowest BCUT2D eigenvalue weighted by molar-refractivity contribution is -0.131. The number of amides is 3. The Hall–Kier alpha value is -4.57. The third-order valence-corrected chi connectivity index (χ3v) is 6.75. The number of anilines is 2. The number of nitrogens with two attached hydrogens (primary N) is 1. The van der Waals surface area contributed by atoms with E-state index in [1.54, 1.807) is 47.4 Å². The van der Waals surface area contributed by atoms with E-state index in [0.717, 1.165) is 11.1 Å². The minimum absolute atomic E-state index is 0.0809. The number of nitrogens with one attached hydrogen (secondary N) is 2. The highest BCUT2D eigenvalue weighted by atomic mass is 16.5. The summed E-state index contributed by atoms with van der Waals surface area (Å²) in [6, 6.07) is 18.6. The largest absolute Gasteiger partial charge is 0.495 e. The van der Waals surface area contributed by atoms with Gasteiger partial charge in [-0.05, 0) is 66.9 Å². The van der Waals surface area contributed by atoms with Crippen LogP contribution >= 0.6 is 0 Å². The molecule has 0 unspecified atom stereocenters. The van der Waals surface area contributed by atoms with Crippen molar-refractivity contribution in [3.05, 3.63) is 83.4 Å². The van der Waals surface area contributed by atoms with Crippen molar-refractivity contribution in [2.24, 2.45) is 5.73 Å². The molecule has 10 nitrogen and oxygen atoms in total. The van der Waals surface area contributed by atoms with E-state index >= 15 is 0 Å². The summed E-state index contributed by atoms with van der Waals surface area (Å²) >= 11 is 0. The van der Waals surface area contributed by atoms with Crippen LogP contribution in [-0.4, -0.2) is 62.3 Å². The van der Waals surface area contributed by atoms with Crippen molar-refractivity contribution in [2.45, 2.75) is 31.8 Å². The summed E-state index contributed by atoms with van der Waals surface area (Å²) in [7, 11) is 2.84. The van der Waals surface area contributed by atoms with Gasteiger partial charge in [0.1, 0.15) is 18.1 Å². The van der Waals surface area contributed by atoms with E-state index in [1.165, 1.54) is 14.2 Å². The van der Waals surface area contributed by atoms with Crippen LogP contribution in [0.1, 0.15) is 27.9 Å². The highest BCUT2D eigenvalue weighted by Crippen LogP contribution is 2.27. The second-order valence-electron chi connectivity index (χ2n) is 9.63. The minimum atomic E-state index is -0.420. The van der Waals surface area contributed by atoms with Crippen molar-refractivity contribution >= 4 is 29.3 Å². The van der Waals surface area contributed by atoms with Crippen molar-refractivity contribution in [1.82, 2.24) is 4.90 Å². The van der Waals surface area contributed by atoms with E-state index in [4.69, 9.17) is 19.9 Å². The molecule has 10 heteroatoms. The van der Waals surface area contributed by atoms with Gasteiger partial charge in [-0.25, -0.2) is 9.59 Å². The van der Waals surface area contributed by atoms with E-state index in [9.17, 15) is 14.4 Å². The first-order chi connectivity index (χ1) is 19.3. The third-order valence-electron chi connectivity index (χ3n) is 6.75. The molecule has 3 aromatic rings. The Kier molecular flexibility index (Phi) is 9.23.